The van der Waals surface area contributed by atoms with Crippen LogP contribution in [0.25, 0.3) is 16.6 Å². The number of rotatable bonds is 7. The molecule has 0 fully saturated rings. The Morgan fingerprint density at radius 1 is 1.27 bits per heavy atom. The van der Waals surface area contributed by atoms with Crippen LogP contribution in [0.4, 0.5) is 0 Å². The van der Waals surface area contributed by atoms with E-state index in [1.54, 1.807) is 0 Å². The van der Waals surface area contributed by atoms with Gasteiger partial charge in [-0.1, -0.05) is 30.4 Å². The number of benzene rings is 1. The smallest absolute Gasteiger partial charge is 0.409 e. The maximum atomic E-state index is 6.03. The van der Waals surface area contributed by atoms with Gasteiger partial charge < -0.3 is 13.9 Å². The lowest BCUT2D eigenvalue weighted by molar-refractivity contribution is 0.0699. The number of fused-ring (bicyclic) bond motifs is 1. The summed E-state index contributed by atoms with van der Waals surface area (Å²) in [6, 6.07) is 8.19. The lowest BCUT2D eigenvalue weighted by atomic mass is 9.82. The van der Waals surface area contributed by atoms with Gasteiger partial charge in [0.25, 0.3) is 0 Å². The predicted octanol–water partition coefficient (Wildman–Crippen LogP) is 5.26. The summed E-state index contributed by atoms with van der Waals surface area (Å²) >= 11 is 0. The van der Waals surface area contributed by atoms with Gasteiger partial charge in [0.05, 0.1) is 11.0 Å². The van der Waals surface area contributed by atoms with Crippen LogP contribution < -0.4 is 0 Å². The maximum absolute atomic E-state index is 6.03. The topological polar surface area (TPSA) is 36.3 Å². The summed E-state index contributed by atoms with van der Waals surface area (Å²) in [5.41, 5.74) is 2.98. The van der Waals surface area contributed by atoms with Crippen molar-refractivity contribution in [2.75, 3.05) is 0 Å². The molecule has 0 aliphatic rings. The molecule has 0 spiro atoms. The Morgan fingerprint density at radius 3 is 2.54 bits per heavy atom. The van der Waals surface area contributed by atoms with Gasteiger partial charge in [-0.25, -0.2) is 4.98 Å². The molecule has 1 aromatic carbocycles. The average molecular weight is 354 g/mol. The van der Waals surface area contributed by atoms with Crippen LogP contribution in [-0.4, -0.2) is 28.4 Å². The number of allylic oxidation sites excluding steroid dienone is 4. The standard InChI is InChI=1S/C21H31BN2O2/c1-8-17(20-23-18-13-9-10-14-19(18)24(20)7)12-11-15-22(25-16(2)3)26-21(4,5)6/h8-14,16H,15H2,1-7H3/b12-11-,17-8+. The Hall–Kier alpha value is -1.85. The van der Waals surface area contributed by atoms with Crippen molar-refractivity contribution in [3.05, 3.63) is 48.3 Å². The van der Waals surface area contributed by atoms with E-state index in [-0.39, 0.29) is 18.8 Å². The summed E-state index contributed by atoms with van der Waals surface area (Å²) in [7, 11) is 1.79. The van der Waals surface area contributed by atoms with Gasteiger partial charge in [0.2, 0.25) is 0 Å². The third-order valence-corrected chi connectivity index (χ3v) is 3.89. The van der Waals surface area contributed by atoms with E-state index in [9.17, 15) is 0 Å². The third-order valence-electron chi connectivity index (χ3n) is 3.89. The molecule has 0 atom stereocenters. The van der Waals surface area contributed by atoms with Gasteiger partial charge in [0.15, 0.2) is 0 Å². The second kappa shape index (κ2) is 8.69. The van der Waals surface area contributed by atoms with Crippen LogP contribution in [0, 0.1) is 0 Å². The van der Waals surface area contributed by atoms with E-state index in [0.717, 1.165) is 22.4 Å². The van der Waals surface area contributed by atoms with E-state index in [4.69, 9.17) is 14.3 Å². The highest BCUT2D eigenvalue weighted by Gasteiger charge is 2.25. The van der Waals surface area contributed by atoms with E-state index in [0.29, 0.717) is 6.32 Å². The molecular formula is C21H31BN2O2. The average Bonchev–Trinajstić information content (AvgIpc) is 2.87. The van der Waals surface area contributed by atoms with Crippen LogP contribution in [0.2, 0.25) is 6.32 Å². The minimum atomic E-state index is -0.259. The fourth-order valence-corrected chi connectivity index (χ4v) is 2.84. The molecule has 2 aromatic rings. The summed E-state index contributed by atoms with van der Waals surface area (Å²) in [6.07, 6.45) is 7.10. The summed E-state index contributed by atoms with van der Waals surface area (Å²) in [5, 5.41) is 0. The molecular weight excluding hydrogens is 323 g/mol. The second-order valence-electron chi connectivity index (χ2n) is 7.71. The van der Waals surface area contributed by atoms with Gasteiger partial charge in [0, 0.05) is 30.6 Å². The van der Waals surface area contributed by atoms with Gasteiger partial charge in [-0.2, -0.15) is 0 Å². The van der Waals surface area contributed by atoms with Gasteiger partial charge in [-0.3, -0.25) is 0 Å². The molecule has 5 heteroatoms. The molecule has 1 heterocycles. The Labute approximate surface area is 158 Å². The Morgan fingerprint density at radius 2 is 1.96 bits per heavy atom. The lowest BCUT2D eigenvalue weighted by Gasteiger charge is -2.26. The monoisotopic (exact) mass is 354 g/mol. The predicted molar refractivity (Wildman–Crippen MR) is 111 cm³/mol. The van der Waals surface area contributed by atoms with Crippen molar-refractivity contribution < 1.29 is 9.31 Å². The van der Waals surface area contributed by atoms with Crippen molar-refractivity contribution >= 4 is 23.7 Å². The molecule has 0 bridgehead atoms. The van der Waals surface area contributed by atoms with E-state index in [1.165, 1.54) is 0 Å². The molecule has 140 valence electrons. The molecule has 26 heavy (non-hydrogen) atoms. The first-order valence-electron chi connectivity index (χ1n) is 9.29. The third kappa shape index (κ3) is 5.58. The summed E-state index contributed by atoms with van der Waals surface area (Å²) in [4.78, 5) is 4.77. The molecule has 0 unspecified atom stereocenters. The van der Waals surface area contributed by atoms with E-state index in [1.807, 2.05) is 59.7 Å². The van der Waals surface area contributed by atoms with E-state index in [2.05, 4.69) is 35.9 Å². The van der Waals surface area contributed by atoms with Gasteiger partial charge in [-0.05, 0) is 53.7 Å². The zero-order valence-electron chi connectivity index (χ0n) is 17.1. The second-order valence-corrected chi connectivity index (χ2v) is 7.71. The van der Waals surface area contributed by atoms with E-state index >= 15 is 0 Å². The molecule has 0 aliphatic heterocycles. The van der Waals surface area contributed by atoms with Gasteiger partial charge >= 0.3 is 7.12 Å². The van der Waals surface area contributed by atoms with Crippen LogP contribution >= 0.6 is 0 Å². The summed E-state index contributed by atoms with van der Waals surface area (Å²) < 4.78 is 14.1. The SMILES string of the molecule is C/C=C(\C=C/CB(OC(C)C)OC(C)(C)C)c1nc2ccccc2n1C. The van der Waals surface area contributed by atoms with Crippen molar-refractivity contribution in [1.82, 2.24) is 9.55 Å². The van der Waals surface area contributed by atoms with Crippen LogP contribution in [0.1, 0.15) is 47.4 Å². The minimum absolute atomic E-state index is 0.122. The quantitative estimate of drug-likeness (QED) is 0.503. The summed E-state index contributed by atoms with van der Waals surface area (Å²) in [5.74, 6) is 0.961. The number of para-hydroxylation sites is 2. The first kappa shape index (κ1) is 20.5. The normalized spacial score (nSPS) is 13.3. The minimum Gasteiger partial charge on any atom is -0.409 e. The number of hydrogen-bond donors (Lipinski definition) is 0. The fourth-order valence-electron chi connectivity index (χ4n) is 2.84. The maximum Gasteiger partial charge on any atom is 0.461 e. The zero-order chi connectivity index (χ0) is 19.3. The number of nitrogens with zero attached hydrogens (tertiary/aromatic N) is 2. The first-order valence-corrected chi connectivity index (χ1v) is 9.29. The number of hydrogen-bond acceptors (Lipinski definition) is 3. The molecule has 4 nitrogen and oxygen atoms in total. The Bertz CT molecular complexity index is 785. The van der Waals surface area contributed by atoms with Crippen LogP contribution in [0.15, 0.2) is 42.5 Å². The highest BCUT2D eigenvalue weighted by molar-refractivity contribution is 6.45. The molecule has 0 saturated heterocycles. The fraction of sp³-hybridized carbons (Fsp3) is 0.476. The molecule has 1 aromatic heterocycles. The van der Waals surface area contributed by atoms with Crippen LogP contribution in [-0.2, 0) is 16.4 Å². The molecule has 0 saturated carbocycles. The Balaban J connectivity index is 2.16. The number of aromatic nitrogens is 2. The summed E-state index contributed by atoms with van der Waals surface area (Å²) in [6.45, 7) is 12.2. The molecule has 0 aliphatic carbocycles. The molecule has 0 N–H and O–H groups in total. The first-order chi connectivity index (χ1) is 12.2. The molecule has 0 radical (unpaired) electrons. The van der Waals surface area contributed by atoms with Crippen LogP contribution in [0.3, 0.4) is 0 Å². The number of aryl methyl sites for hydroxylation is 1. The largest absolute Gasteiger partial charge is 0.461 e. The molecule has 2 rings (SSSR count). The van der Waals surface area contributed by atoms with Crippen molar-refractivity contribution in [2.45, 2.75) is 59.6 Å². The van der Waals surface area contributed by atoms with E-state index < -0.39 is 0 Å². The number of imidazole rings is 1. The van der Waals surface area contributed by atoms with Crippen molar-refractivity contribution in [3.8, 4) is 0 Å². The van der Waals surface area contributed by atoms with Crippen molar-refractivity contribution in [2.24, 2.45) is 7.05 Å². The highest BCUT2D eigenvalue weighted by atomic mass is 16.6. The van der Waals surface area contributed by atoms with Crippen LogP contribution in [0.5, 0.6) is 0 Å². The van der Waals surface area contributed by atoms with Gasteiger partial charge in [-0.15, -0.1) is 0 Å². The highest BCUT2D eigenvalue weighted by Crippen LogP contribution is 2.22. The lowest BCUT2D eigenvalue weighted by Crippen LogP contribution is -2.34. The molecule has 0 amide bonds. The van der Waals surface area contributed by atoms with Crippen molar-refractivity contribution in [3.63, 3.8) is 0 Å². The van der Waals surface area contributed by atoms with Gasteiger partial charge in [0.1, 0.15) is 5.82 Å². The van der Waals surface area contributed by atoms with Crippen molar-refractivity contribution in [1.29, 1.82) is 0 Å². The Kier molecular flexibility index (Phi) is 6.84. The zero-order valence-corrected chi connectivity index (χ0v) is 17.1.